The number of nitrogens with zero attached hydrogens (tertiary/aromatic N) is 1. The van der Waals surface area contributed by atoms with E-state index < -0.39 is 25.5 Å². The number of sulfone groups is 2. The molecule has 0 saturated carbocycles. The van der Waals surface area contributed by atoms with Crippen molar-refractivity contribution in [2.75, 3.05) is 30.5 Å². The van der Waals surface area contributed by atoms with E-state index in [9.17, 15) is 21.2 Å². The van der Waals surface area contributed by atoms with Crippen molar-refractivity contribution in [3.8, 4) is 0 Å². The van der Waals surface area contributed by atoms with Gasteiger partial charge in [-0.25, -0.2) is 21.2 Å². The zero-order chi connectivity index (χ0) is 21.8. The van der Waals surface area contributed by atoms with Gasteiger partial charge in [-0.05, 0) is 62.4 Å². The van der Waals surface area contributed by atoms with Crippen molar-refractivity contribution in [1.29, 1.82) is 0 Å². The van der Waals surface area contributed by atoms with Crippen LogP contribution in [0.3, 0.4) is 0 Å². The van der Waals surface area contributed by atoms with Crippen molar-refractivity contribution >= 4 is 25.4 Å². The second-order valence-electron chi connectivity index (χ2n) is 7.30. The van der Waals surface area contributed by atoms with E-state index in [-0.39, 0.29) is 4.90 Å². The SMILES string of the molecule is CC1CN(c2ccc(S(C)(=O)=O)cc2)C(C)CN1.CS(=O)(=O)c1ccc(F)cc1. The van der Waals surface area contributed by atoms with Gasteiger partial charge < -0.3 is 10.2 Å². The molecule has 6 nitrogen and oxygen atoms in total. The lowest BCUT2D eigenvalue weighted by Gasteiger charge is -2.39. The van der Waals surface area contributed by atoms with Crippen LogP contribution >= 0.6 is 0 Å². The molecule has 1 aliphatic rings. The van der Waals surface area contributed by atoms with E-state index in [1.807, 2.05) is 12.1 Å². The molecule has 1 heterocycles. The van der Waals surface area contributed by atoms with Crippen LogP contribution in [0.1, 0.15) is 13.8 Å². The maximum Gasteiger partial charge on any atom is 0.175 e. The maximum absolute atomic E-state index is 12.3. The van der Waals surface area contributed by atoms with Crippen molar-refractivity contribution < 1.29 is 21.2 Å². The minimum absolute atomic E-state index is 0.138. The van der Waals surface area contributed by atoms with Gasteiger partial charge in [-0.3, -0.25) is 0 Å². The van der Waals surface area contributed by atoms with Gasteiger partial charge in [0.1, 0.15) is 5.82 Å². The third kappa shape index (κ3) is 6.80. The summed E-state index contributed by atoms with van der Waals surface area (Å²) in [6.45, 7) is 6.22. The molecule has 0 spiro atoms. The summed E-state index contributed by atoms with van der Waals surface area (Å²) in [4.78, 5) is 2.83. The number of nitrogens with one attached hydrogen (secondary N) is 1. The summed E-state index contributed by atoms with van der Waals surface area (Å²) < 4.78 is 56.7. The fourth-order valence-electron chi connectivity index (χ4n) is 2.95. The standard InChI is InChI=1S/C13H20N2O2S.C7H7FO2S/c1-10-9-15(11(2)8-14-10)12-4-6-13(7-5-12)18(3,16)17;1-11(9,10)7-4-2-6(8)3-5-7/h4-7,10-11,14H,8-9H2,1-3H3;2-5H,1H3. The van der Waals surface area contributed by atoms with Gasteiger partial charge in [-0.2, -0.15) is 0 Å². The van der Waals surface area contributed by atoms with Gasteiger partial charge in [0.2, 0.25) is 0 Å². The fourth-order valence-corrected chi connectivity index (χ4v) is 4.21. The first-order chi connectivity index (χ1) is 13.4. The summed E-state index contributed by atoms with van der Waals surface area (Å²) in [5.41, 5.74) is 1.09. The molecule has 1 fully saturated rings. The van der Waals surface area contributed by atoms with E-state index in [2.05, 4.69) is 24.1 Å². The van der Waals surface area contributed by atoms with Crippen molar-refractivity contribution in [3.05, 3.63) is 54.3 Å². The van der Waals surface area contributed by atoms with Crippen LogP contribution in [0.15, 0.2) is 58.3 Å². The van der Waals surface area contributed by atoms with Gasteiger partial charge in [-0.15, -0.1) is 0 Å². The first-order valence-electron chi connectivity index (χ1n) is 9.13. The normalized spacial score (nSPS) is 20.0. The minimum Gasteiger partial charge on any atom is -0.366 e. The van der Waals surface area contributed by atoms with Crippen LogP contribution < -0.4 is 10.2 Å². The summed E-state index contributed by atoms with van der Waals surface area (Å²) in [7, 11) is -6.29. The highest BCUT2D eigenvalue weighted by molar-refractivity contribution is 7.91. The predicted octanol–water partition coefficient (Wildman–Crippen LogP) is 2.51. The Kier molecular flexibility index (Phi) is 7.42. The Hall–Kier alpha value is -1.97. The highest BCUT2D eigenvalue weighted by Crippen LogP contribution is 2.22. The Labute approximate surface area is 172 Å². The van der Waals surface area contributed by atoms with Crippen LogP contribution in [0.4, 0.5) is 10.1 Å². The lowest BCUT2D eigenvalue weighted by molar-refractivity contribution is 0.425. The van der Waals surface area contributed by atoms with E-state index in [0.717, 1.165) is 37.2 Å². The molecule has 0 aliphatic carbocycles. The number of hydrogen-bond donors (Lipinski definition) is 1. The van der Waals surface area contributed by atoms with Crippen LogP contribution in [0.25, 0.3) is 0 Å². The maximum atomic E-state index is 12.3. The van der Waals surface area contributed by atoms with Crippen molar-refractivity contribution in [1.82, 2.24) is 5.32 Å². The lowest BCUT2D eigenvalue weighted by Crippen LogP contribution is -2.54. The quantitative estimate of drug-likeness (QED) is 0.736. The summed E-state index contributed by atoms with van der Waals surface area (Å²) >= 11 is 0. The molecule has 0 aromatic heterocycles. The molecule has 2 atom stereocenters. The monoisotopic (exact) mass is 442 g/mol. The number of rotatable bonds is 3. The summed E-state index contributed by atoms with van der Waals surface area (Å²) in [5.74, 6) is -0.433. The second-order valence-corrected chi connectivity index (χ2v) is 11.3. The van der Waals surface area contributed by atoms with Crippen LogP contribution in [0, 0.1) is 5.82 Å². The molecular formula is C20H27FN2O4S2. The molecule has 160 valence electrons. The molecule has 9 heteroatoms. The molecule has 1 aliphatic heterocycles. The largest absolute Gasteiger partial charge is 0.366 e. The van der Waals surface area contributed by atoms with E-state index >= 15 is 0 Å². The van der Waals surface area contributed by atoms with Crippen molar-refractivity contribution in [2.24, 2.45) is 0 Å². The third-order valence-electron chi connectivity index (χ3n) is 4.60. The van der Waals surface area contributed by atoms with Gasteiger partial charge in [-0.1, -0.05) is 0 Å². The molecule has 2 aromatic carbocycles. The number of piperazine rings is 1. The Bertz CT molecular complexity index is 1020. The summed E-state index contributed by atoms with van der Waals surface area (Å²) in [6.07, 6.45) is 2.32. The van der Waals surface area contributed by atoms with Crippen molar-refractivity contribution in [3.63, 3.8) is 0 Å². The lowest BCUT2D eigenvalue weighted by atomic mass is 10.1. The van der Waals surface area contributed by atoms with Crippen LogP contribution in [0.2, 0.25) is 0 Å². The molecule has 1 N–H and O–H groups in total. The molecule has 2 aromatic rings. The number of hydrogen-bond acceptors (Lipinski definition) is 6. The van der Waals surface area contributed by atoms with Gasteiger partial charge in [0.15, 0.2) is 19.7 Å². The number of halogens is 1. The molecule has 0 radical (unpaired) electrons. The van der Waals surface area contributed by atoms with Gasteiger partial charge >= 0.3 is 0 Å². The molecule has 0 amide bonds. The average Bonchev–Trinajstić information content (AvgIpc) is 2.63. The highest BCUT2D eigenvalue weighted by Gasteiger charge is 2.22. The average molecular weight is 443 g/mol. The molecule has 0 bridgehead atoms. The number of anilines is 1. The molecular weight excluding hydrogens is 415 g/mol. The minimum atomic E-state index is -3.19. The van der Waals surface area contributed by atoms with Crippen LogP contribution in [0.5, 0.6) is 0 Å². The summed E-state index contributed by atoms with van der Waals surface area (Å²) in [5, 5.41) is 3.43. The summed E-state index contributed by atoms with van der Waals surface area (Å²) in [6, 6.07) is 12.8. The number of benzene rings is 2. The van der Waals surface area contributed by atoms with Gasteiger partial charge in [0.25, 0.3) is 0 Å². The first kappa shape index (κ1) is 23.3. The molecule has 2 unspecified atom stereocenters. The second kappa shape index (κ2) is 9.23. The topological polar surface area (TPSA) is 83.6 Å². The van der Waals surface area contributed by atoms with E-state index in [0.29, 0.717) is 17.0 Å². The zero-order valence-electron chi connectivity index (χ0n) is 17.0. The van der Waals surface area contributed by atoms with Crippen LogP contribution in [-0.4, -0.2) is 54.5 Å². The Morgan fingerprint density at radius 2 is 1.31 bits per heavy atom. The van der Waals surface area contributed by atoms with E-state index in [1.165, 1.54) is 18.4 Å². The molecule has 3 rings (SSSR count). The Morgan fingerprint density at radius 3 is 1.76 bits per heavy atom. The third-order valence-corrected chi connectivity index (χ3v) is 6.86. The predicted molar refractivity (Wildman–Crippen MR) is 113 cm³/mol. The smallest absolute Gasteiger partial charge is 0.175 e. The first-order valence-corrected chi connectivity index (χ1v) is 12.9. The highest BCUT2D eigenvalue weighted by atomic mass is 32.2. The van der Waals surface area contributed by atoms with E-state index in [4.69, 9.17) is 0 Å². The van der Waals surface area contributed by atoms with E-state index in [1.54, 1.807) is 12.1 Å². The zero-order valence-corrected chi connectivity index (χ0v) is 18.6. The molecule has 1 saturated heterocycles. The van der Waals surface area contributed by atoms with Gasteiger partial charge in [0.05, 0.1) is 9.79 Å². The molecule has 29 heavy (non-hydrogen) atoms. The van der Waals surface area contributed by atoms with Crippen LogP contribution in [-0.2, 0) is 19.7 Å². The Morgan fingerprint density at radius 1 is 0.862 bits per heavy atom. The Balaban J connectivity index is 0.000000234. The fraction of sp³-hybridized carbons (Fsp3) is 0.400. The van der Waals surface area contributed by atoms with Crippen molar-refractivity contribution in [2.45, 2.75) is 35.7 Å². The van der Waals surface area contributed by atoms with Gasteiger partial charge in [0, 0.05) is 43.4 Å².